The van der Waals surface area contributed by atoms with Crippen LogP contribution in [0.15, 0.2) is 12.3 Å². The minimum absolute atomic E-state index is 0.0396. The zero-order valence-electron chi connectivity index (χ0n) is 11.1. The molecule has 0 radical (unpaired) electrons. The molecule has 104 valence electrons. The number of rotatable bonds is 4. The van der Waals surface area contributed by atoms with Crippen LogP contribution in [0.2, 0.25) is 5.02 Å². The molecule has 0 saturated carbocycles. The average Bonchev–Trinajstić information content (AvgIpc) is 2.77. The lowest BCUT2D eigenvalue weighted by molar-refractivity contribution is 0.0866. The van der Waals surface area contributed by atoms with E-state index in [0.717, 1.165) is 13.0 Å². The highest BCUT2D eigenvalue weighted by Crippen LogP contribution is 2.19. The van der Waals surface area contributed by atoms with Crippen molar-refractivity contribution in [1.82, 2.24) is 10.3 Å². The fourth-order valence-corrected chi connectivity index (χ4v) is 2.25. The lowest BCUT2D eigenvalue weighted by atomic mass is 10.1. The number of hydrogen-bond acceptors (Lipinski definition) is 4. The number of halogens is 1. The maximum absolute atomic E-state index is 12.2. The van der Waals surface area contributed by atoms with Crippen LogP contribution in [0.3, 0.4) is 0 Å². The van der Waals surface area contributed by atoms with Crippen LogP contribution in [0.25, 0.3) is 0 Å². The molecule has 1 amide bonds. The van der Waals surface area contributed by atoms with Crippen molar-refractivity contribution in [3.05, 3.63) is 22.8 Å². The molecule has 0 aromatic carbocycles. The highest BCUT2D eigenvalue weighted by molar-refractivity contribution is 6.33. The van der Waals surface area contributed by atoms with Gasteiger partial charge in [-0.05, 0) is 26.3 Å². The number of ether oxygens (including phenoxy) is 1. The summed E-state index contributed by atoms with van der Waals surface area (Å²) in [5, 5.41) is 6.36. The van der Waals surface area contributed by atoms with Crippen LogP contribution in [0.4, 0.5) is 5.82 Å². The van der Waals surface area contributed by atoms with Gasteiger partial charge in [0.25, 0.3) is 5.91 Å². The van der Waals surface area contributed by atoms with E-state index in [1.165, 1.54) is 6.20 Å². The predicted molar refractivity (Wildman–Crippen MR) is 74.7 cm³/mol. The minimum Gasteiger partial charge on any atom is -0.376 e. The molecule has 2 N–H and O–H groups in total. The number of carbonyl (C=O) groups excluding carboxylic acids is 1. The third-order valence-electron chi connectivity index (χ3n) is 3.15. The number of amides is 1. The van der Waals surface area contributed by atoms with Gasteiger partial charge in [-0.2, -0.15) is 0 Å². The van der Waals surface area contributed by atoms with E-state index in [-0.39, 0.29) is 18.1 Å². The van der Waals surface area contributed by atoms with Gasteiger partial charge in [0.1, 0.15) is 5.82 Å². The SMILES string of the molecule is CCNc1cc(C(=O)NC2CCOC2C)c(Cl)cn1. The second kappa shape index (κ2) is 6.21. The molecule has 5 nitrogen and oxygen atoms in total. The summed E-state index contributed by atoms with van der Waals surface area (Å²) in [5.74, 6) is 0.460. The number of carbonyl (C=O) groups is 1. The fourth-order valence-electron chi connectivity index (χ4n) is 2.06. The fraction of sp³-hybridized carbons (Fsp3) is 0.538. The number of aromatic nitrogens is 1. The van der Waals surface area contributed by atoms with E-state index in [9.17, 15) is 4.79 Å². The van der Waals surface area contributed by atoms with E-state index in [0.29, 0.717) is 23.0 Å². The Labute approximate surface area is 117 Å². The van der Waals surface area contributed by atoms with Gasteiger partial charge in [0, 0.05) is 19.3 Å². The molecule has 2 unspecified atom stereocenters. The van der Waals surface area contributed by atoms with Crippen LogP contribution >= 0.6 is 11.6 Å². The van der Waals surface area contributed by atoms with Gasteiger partial charge in [-0.3, -0.25) is 4.79 Å². The summed E-state index contributed by atoms with van der Waals surface area (Å²) in [6, 6.07) is 1.71. The van der Waals surface area contributed by atoms with Crippen LogP contribution in [-0.2, 0) is 4.74 Å². The number of anilines is 1. The molecule has 6 heteroatoms. The molecule has 19 heavy (non-hydrogen) atoms. The molecule has 0 bridgehead atoms. The van der Waals surface area contributed by atoms with E-state index in [4.69, 9.17) is 16.3 Å². The van der Waals surface area contributed by atoms with Gasteiger partial charge in [0.2, 0.25) is 0 Å². The predicted octanol–water partition coefficient (Wildman–Crippen LogP) is 2.07. The Kier molecular flexibility index (Phi) is 4.61. The molecule has 2 atom stereocenters. The third kappa shape index (κ3) is 3.36. The Bertz CT molecular complexity index is 467. The Morgan fingerprint density at radius 3 is 3.05 bits per heavy atom. The average molecular weight is 284 g/mol. The number of nitrogens with one attached hydrogen (secondary N) is 2. The van der Waals surface area contributed by atoms with Crippen LogP contribution in [0.1, 0.15) is 30.6 Å². The first-order valence-electron chi connectivity index (χ1n) is 6.43. The van der Waals surface area contributed by atoms with Crippen molar-refractivity contribution in [2.45, 2.75) is 32.4 Å². The van der Waals surface area contributed by atoms with Crippen LogP contribution in [-0.4, -0.2) is 36.2 Å². The maximum Gasteiger partial charge on any atom is 0.253 e. The summed E-state index contributed by atoms with van der Waals surface area (Å²) in [6.07, 6.45) is 2.36. The number of pyridine rings is 1. The molecular weight excluding hydrogens is 266 g/mol. The van der Waals surface area contributed by atoms with Gasteiger partial charge < -0.3 is 15.4 Å². The van der Waals surface area contributed by atoms with Crippen molar-refractivity contribution in [1.29, 1.82) is 0 Å². The maximum atomic E-state index is 12.2. The van der Waals surface area contributed by atoms with Gasteiger partial charge in [-0.25, -0.2) is 4.98 Å². The first-order chi connectivity index (χ1) is 9.11. The molecule has 2 rings (SSSR count). The van der Waals surface area contributed by atoms with Crippen LogP contribution in [0.5, 0.6) is 0 Å². The minimum atomic E-state index is -0.186. The van der Waals surface area contributed by atoms with Crippen molar-refractivity contribution in [2.24, 2.45) is 0 Å². The molecule has 1 aromatic rings. The van der Waals surface area contributed by atoms with Crippen LogP contribution < -0.4 is 10.6 Å². The van der Waals surface area contributed by atoms with Crippen molar-refractivity contribution in [2.75, 3.05) is 18.5 Å². The standard InChI is InChI=1S/C13H18ClN3O2/c1-3-15-12-6-9(10(14)7-16-12)13(18)17-11-4-5-19-8(11)2/h6-8,11H,3-5H2,1-2H3,(H,15,16)(H,17,18). The lowest BCUT2D eigenvalue weighted by Gasteiger charge is -2.16. The zero-order valence-corrected chi connectivity index (χ0v) is 11.8. The highest BCUT2D eigenvalue weighted by atomic mass is 35.5. The lowest BCUT2D eigenvalue weighted by Crippen LogP contribution is -2.39. The van der Waals surface area contributed by atoms with Gasteiger partial charge in [0.05, 0.1) is 22.7 Å². The molecular formula is C13H18ClN3O2. The highest BCUT2D eigenvalue weighted by Gasteiger charge is 2.26. The second-order valence-electron chi connectivity index (χ2n) is 4.52. The zero-order chi connectivity index (χ0) is 13.8. The summed E-state index contributed by atoms with van der Waals surface area (Å²) in [4.78, 5) is 16.3. The first kappa shape index (κ1) is 14.1. The smallest absolute Gasteiger partial charge is 0.253 e. The van der Waals surface area contributed by atoms with Crippen molar-refractivity contribution in [3.63, 3.8) is 0 Å². The monoisotopic (exact) mass is 283 g/mol. The Morgan fingerprint density at radius 1 is 1.63 bits per heavy atom. The molecule has 0 spiro atoms. The van der Waals surface area contributed by atoms with E-state index < -0.39 is 0 Å². The molecule has 1 fully saturated rings. The van der Waals surface area contributed by atoms with Gasteiger partial charge in [0.15, 0.2) is 0 Å². The van der Waals surface area contributed by atoms with E-state index in [1.54, 1.807) is 6.07 Å². The third-order valence-corrected chi connectivity index (χ3v) is 3.45. The molecule has 1 saturated heterocycles. The van der Waals surface area contributed by atoms with E-state index in [1.807, 2.05) is 13.8 Å². The van der Waals surface area contributed by atoms with Crippen molar-refractivity contribution >= 4 is 23.3 Å². The topological polar surface area (TPSA) is 63.2 Å². The second-order valence-corrected chi connectivity index (χ2v) is 4.93. The number of nitrogens with zero attached hydrogens (tertiary/aromatic N) is 1. The summed E-state index contributed by atoms with van der Waals surface area (Å²) in [6.45, 7) is 5.34. The largest absolute Gasteiger partial charge is 0.376 e. The summed E-state index contributed by atoms with van der Waals surface area (Å²) in [7, 11) is 0. The molecule has 2 heterocycles. The van der Waals surface area contributed by atoms with E-state index in [2.05, 4.69) is 15.6 Å². The number of hydrogen-bond donors (Lipinski definition) is 2. The van der Waals surface area contributed by atoms with Gasteiger partial charge in [-0.15, -0.1) is 0 Å². The molecule has 0 aliphatic carbocycles. The normalized spacial score (nSPS) is 22.3. The summed E-state index contributed by atoms with van der Waals surface area (Å²) >= 11 is 6.03. The van der Waals surface area contributed by atoms with Crippen LogP contribution in [0, 0.1) is 0 Å². The van der Waals surface area contributed by atoms with Crippen molar-refractivity contribution in [3.8, 4) is 0 Å². The molecule has 1 aliphatic heterocycles. The Hall–Kier alpha value is -1.33. The van der Waals surface area contributed by atoms with E-state index >= 15 is 0 Å². The Balaban J connectivity index is 2.11. The quantitative estimate of drug-likeness (QED) is 0.888. The van der Waals surface area contributed by atoms with Crippen molar-refractivity contribution < 1.29 is 9.53 Å². The Morgan fingerprint density at radius 2 is 2.42 bits per heavy atom. The molecule has 1 aromatic heterocycles. The summed E-state index contributed by atoms with van der Waals surface area (Å²) < 4.78 is 5.42. The molecule has 1 aliphatic rings. The van der Waals surface area contributed by atoms with Gasteiger partial charge >= 0.3 is 0 Å². The summed E-state index contributed by atoms with van der Waals surface area (Å²) in [5.41, 5.74) is 0.437. The van der Waals surface area contributed by atoms with Gasteiger partial charge in [-0.1, -0.05) is 11.6 Å². The first-order valence-corrected chi connectivity index (χ1v) is 6.81.